The largest absolute Gasteiger partial charge is 0.466 e. The van der Waals surface area contributed by atoms with Gasteiger partial charge < -0.3 is 4.74 Å². The summed E-state index contributed by atoms with van der Waals surface area (Å²) in [6, 6.07) is 18.0. The van der Waals surface area contributed by atoms with E-state index in [4.69, 9.17) is 4.74 Å². The number of Topliss-reactive ketones (excluding diaryl/α,β-unsaturated/α-hetero) is 1. The number of hydrogen-bond donors (Lipinski definition) is 0. The van der Waals surface area contributed by atoms with Gasteiger partial charge >= 0.3 is 5.97 Å². The lowest BCUT2D eigenvalue weighted by Gasteiger charge is -2.25. The summed E-state index contributed by atoms with van der Waals surface area (Å²) in [6.45, 7) is 8.27. The van der Waals surface area contributed by atoms with E-state index in [0.29, 0.717) is 12.2 Å². The van der Waals surface area contributed by atoms with Crippen LogP contribution in [0.15, 0.2) is 66.4 Å². The summed E-state index contributed by atoms with van der Waals surface area (Å²) >= 11 is 0. The molecule has 0 aliphatic heterocycles. The van der Waals surface area contributed by atoms with E-state index in [-0.39, 0.29) is 18.2 Å². The van der Waals surface area contributed by atoms with Gasteiger partial charge in [-0.15, -0.1) is 5.73 Å². The van der Waals surface area contributed by atoms with Crippen molar-refractivity contribution < 1.29 is 14.3 Å². The molecule has 0 bridgehead atoms. The highest BCUT2D eigenvalue weighted by Crippen LogP contribution is 2.25. The van der Waals surface area contributed by atoms with Gasteiger partial charge in [0, 0.05) is 5.56 Å². The van der Waals surface area contributed by atoms with E-state index >= 15 is 0 Å². The second kappa shape index (κ2) is 9.31. The van der Waals surface area contributed by atoms with E-state index in [9.17, 15) is 9.59 Å². The second-order valence-corrected chi connectivity index (χ2v) is 11.2. The van der Waals surface area contributed by atoms with Crippen LogP contribution in [0.25, 0.3) is 5.20 Å². The summed E-state index contributed by atoms with van der Waals surface area (Å²) in [7, 11) is -2.05. The molecule has 0 atom stereocenters. The first-order valence-electron chi connectivity index (χ1n) is 9.14. The van der Waals surface area contributed by atoms with Crippen molar-refractivity contribution in [3.8, 4) is 0 Å². The van der Waals surface area contributed by atoms with Crippen LogP contribution in [0.5, 0.6) is 0 Å². The van der Waals surface area contributed by atoms with E-state index in [1.807, 2.05) is 42.5 Å². The molecule has 0 heterocycles. The van der Waals surface area contributed by atoms with Crippen molar-refractivity contribution in [3.63, 3.8) is 0 Å². The van der Waals surface area contributed by atoms with Gasteiger partial charge in [-0.1, -0.05) is 72.9 Å². The summed E-state index contributed by atoms with van der Waals surface area (Å²) in [4.78, 5) is 23.3. The van der Waals surface area contributed by atoms with Crippen LogP contribution >= 0.6 is 0 Å². The number of carbonyl (C=O) groups is 2. The zero-order valence-electron chi connectivity index (χ0n) is 16.4. The summed E-state index contributed by atoms with van der Waals surface area (Å²) in [5.41, 5.74) is 5.10. The molecule has 0 unspecified atom stereocenters. The average Bonchev–Trinajstić information content (AvgIpc) is 2.66. The summed E-state index contributed by atoms with van der Waals surface area (Å²) in [5.74, 6) is -0.208. The monoisotopic (exact) mass is 378 g/mol. The molecule has 140 valence electrons. The number of esters is 1. The van der Waals surface area contributed by atoms with Gasteiger partial charge in [0.25, 0.3) is 0 Å². The number of benzene rings is 2. The zero-order valence-corrected chi connectivity index (χ0v) is 17.4. The van der Waals surface area contributed by atoms with Crippen molar-refractivity contribution in [2.75, 3.05) is 6.61 Å². The smallest absolute Gasteiger partial charge is 0.310 e. The minimum Gasteiger partial charge on any atom is -0.466 e. The van der Waals surface area contributed by atoms with Gasteiger partial charge in [-0.05, 0) is 30.7 Å². The highest BCUT2D eigenvalue weighted by atomic mass is 28.3. The lowest BCUT2D eigenvalue weighted by atomic mass is 10.1. The van der Waals surface area contributed by atoms with Crippen LogP contribution in [0.2, 0.25) is 13.1 Å². The number of ether oxygens (including phenoxy) is 1. The lowest BCUT2D eigenvalue weighted by molar-refractivity contribution is -0.142. The Labute approximate surface area is 162 Å². The fourth-order valence-corrected chi connectivity index (χ4v) is 5.62. The number of hydrogen-bond acceptors (Lipinski definition) is 3. The molecule has 3 nitrogen and oxygen atoms in total. The molecule has 0 saturated heterocycles. The molecule has 4 heteroatoms. The maximum absolute atomic E-state index is 11.7. The Balaban J connectivity index is 2.49. The fourth-order valence-electron chi connectivity index (χ4n) is 2.95. The maximum Gasteiger partial charge on any atom is 0.310 e. The van der Waals surface area contributed by atoms with Gasteiger partial charge in [0.05, 0.1) is 13.0 Å². The quantitative estimate of drug-likeness (QED) is 0.308. The standard InChI is InChI=1S/C23H26O3Si/c1-5-26-23(25)13-9-12-22(20-16-14-19(15-17-20)18(2)24)27(3,4)21-10-7-6-8-11-21/h6-11,14-17H,5,13H2,1-4H3. The molecule has 0 spiro atoms. The molecule has 0 fully saturated rings. The van der Waals surface area contributed by atoms with Crippen molar-refractivity contribution >= 4 is 30.2 Å². The molecule has 0 aliphatic rings. The van der Waals surface area contributed by atoms with Crippen LogP contribution in [0.1, 0.15) is 36.2 Å². The fraction of sp³-hybridized carbons (Fsp3) is 0.261. The first kappa shape index (κ1) is 20.6. The molecule has 0 N–H and O–H groups in total. The number of rotatable bonds is 7. The van der Waals surface area contributed by atoms with E-state index in [2.05, 4.69) is 31.0 Å². The minimum absolute atomic E-state index is 0.0458. The minimum atomic E-state index is -2.05. The summed E-state index contributed by atoms with van der Waals surface area (Å²) < 4.78 is 5.00. The first-order valence-corrected chi connectivity index (χ1v) is 12.1. The Bertz CT molecular complexity index is 858. The van der Waals surface area contributed by atoms with Gasteiger partial charge in [-0.25, -0.2) is 0 Å². The molecule has 2 aromatic carbocycles. The van der Waals surface area contributed by atoms with Crippen molar-refractivity contribution in [1.29, 1.82) is 0 Å². The molecule has 2 aromatic rings. The Hall–Kier alpha value is -2.68. The van der Waals surface area contributed by atoms with E-state index in [1.165, 1.54) is 5.19 Å². The van der Waals surface area contributed by atoms with E-state index in [1.54, 1.807) is 19.9 Å². The van der Waals surface area contributed by atoms with E-state index < -0.39 is 8.07 Å². The average molecular weight is 379 g/mol. The second-order valence-electron chi connectivity index (χ2n) is 6.86. The Morgan fingerprint density at radius 3 is 2.15 bits per heavy atom. The normalized spacial score (nSPS) is 10.7. The van der Waals surface area contributed by atoms with E-state index in [0.717, 1.165) is 10.8 Å². The molecule has 0 amide bonds. The molecule has 27 heavy (non-hydrogen) atoms. The molecule has 0 saturated carbocycles. The molecule has 0 aliphatic carbocycles. The first-order chi connectivity index (χ1) is 12.9. The lowest BCUT2D eigenvalue weighted by Crippen LogP contribution is -2.42. The molecule has 2 rings (SSSR count). The Morgan fingerprint density at radius 2 is 1.59 bits per heavy atom. The highest BCUT2D eigenvalue weighted by molar-refractivity contribution is 7.04. The predicted octanol–water partition coefficient (Wildman–Crippen LogP) is 4.54. The van der Waals surface area contributed by atoms with Gasteiger partial charge in [-0.2, -0.15) is 0 Å². The number of carbonyl (C=O) groups excluding carboxylic acids is 2. The van der Waals surface area contributed by atoms with Gasteiger partial charge in [0.1, 0.15) is 8.07 Å². The van der Waals surface area contributed by atoms with Crippen LogP contribution in [0.3, 0.4) is 0 Å². The van der Waals surface area contributed by atoms with Crippen molar-refractivity contribution in [2.24, 2.45) is 0 Å². The topological polar surface area (TPSA) is 43.4 Å². The van der Waals surface area contributed by atoms with Crippen molar-refractivity contribution in [3.05, 3.63) is 77.5 Å². The Kier molecular flexibility index (Phi) is 7.11. The molecular formula is C23H26O3Si. The molecular weight excluding hydrogens is 352 g/mol. The molecule has 0 aromatic heterocycles. The SMILES string of the molecule is CCOC(=O)CC=C=C(c1ccc(C(C)=O)cc1)[Si](C)(C)c1ccccc1. The van der Waals surface area contributed by atoms with Crippen LogP contribution < -0.4 is 5.19 Å². The van der Waals surface area contributed by atoms with Crippen LogP contribution in [0, 0.1) is 0 Å². The van der Waals surface area contributed by atoms with Gasteiger partial charge in [0.2, 0.25) is 0 Å². The van der Waals surface area contributed by atoms with Gasteiger partial charge in [-0.3, -0.25) is 9.59 Å². The summed E-state index contributed by atoms with van der Waals surface area (Å²) in [5, 5.41) is 2.38. The van der Waals surface area contributed by atoms with Gasteiger partial charge in [0.15, 0.2) is 5.78 Å². The third-order valence-corrected chi connectivity index (χ3v) is 7.98. The highest BCUT2D eigenvalue weighted by Gasteiger charge is 2.29. The van der Waals surface area contributed by atoms with Crippen molar-refractivity contribution in [1.82, 2.24) is 0 Å². The third kappa shape index (κ3) is 5.39. The van der Waals surface area contributed by atoms with Crippen LogP contribution in [-0.4, -0.2) is 26.4 Å². The molecule has 0 radical (unpaired) electrons. The van der Waals surface area contributed by atoms with Crippen LogP contribution in [0.4, 0.5) is 0 Å². The Morgan fingerprint density at radius 1 is 1.00 bits per heavy atom. The van der Waals surface area contributed by atoms with Crippen LogP contribution in [-0.2, 0) is 9.53 Å². The maximum atomic E-state index is 11.7. The van der Waals surface area contributed by atoms with Crippen molar-refractivity contribution in [2.45, 2.75) is 33.4 Å². The predicted molar refractivity (Wildman–Crippen MR) is 113 cm³/mol. The zero-order chi connectivity index (χ0) is 19.9. The summed E-state index contributed by atoms with van der Waals surface area (Å²) in [6.07, 6.45) is 1.95. The third-order valence-electron chi connectivity index (χ3n) is 4.52. The number of ketones is 1.